The topological polar surface area (TPSA) is 50.8 Å². The van der Waals surface area contributed by atoms with Crippen molar-refractivity contribution in [1.29, 1.82) is 0 Å². The summed E-state index contributed by atoms with van der Waals surface area (Å²) in [6.07, 6.45) is 7.86. The minimum atomic E-state index is -0.420. The largest absolute Gasteiger partial charge is 0.491 e. The molecule has 1 heterocycles. The zero-order valence-electron chi connectivity index (χ0n) is 16.7. The predicted molar refractivity (Wildman–Crippen MR) is 113 cm³/mol. The Morgan fingerprint density at radius 2 is 1.89 bits per heavy atom. The highest BCUT2D eigenvalue weighted by Gasteiger charge is 2.17. The number of hydrogen-bond donors (Lipinski definition) is 1. The SMILES string of the molecule is CCCCCCOc1ccccc1NC(=O)OC(C)CN1CCCCC1.Cl. The van der Waals surface area contributed by atoms with Crippen LogP contribution in [0.1, 0.15) is 58.8 Å². The molecule has 5 nitrogen and oxygen atoms in total. The molecular weight excluding hydrogens is 364 g/mol. The predicted octanol–water partition coefficient (Wildman–Crippen LogP) is 5.49. The zero-order valence-corrected chi connectivity index (χ0v) is 17.6. The number of carbonyl (C=O) groups is 1. The van der Waals surface area contributed by atoms with Crippen LogP contribution in [-0.4, -0.2) is 43.3 Å². The minimum Gasteiger partial charge on any atom is -0.491 e. The van der Waals surface area contributed by atoms with Gasteiger partial charge in [0.15, 0.2) is 0 Å². The van der Waals surface area contributed by atoms with Gasteiger partial charge in [0.2, 0.25) is 0 Å². The average Bonchev–Trinajstić information content (AvgIpc) is 2.63. The van der Waals surface area contributed by atoms with Gasteiger partial charge in [0, 0.05) is 6.54 Å². The lowest BCUT2D eigenvalue weighted by Gasteiger charge is -2.28. The number of anilines is 1. The molecule has 1 N–H and O–H groups in total. The van der Waals surface area contributed by atoms with E-state index < -0.39 is 6.09 Å². The summed E-state index contributed by atoms with van der Waals surface area (Å²) in [6.45, 7) is 7.80. The molecule has 1 saturated heterocycles. The van der Waals surface area contributed by atoms with Crippen LogP contribution in [0.15, 0.2) is 24.3 Å². The number of likely N-dealkylation sites (tertiary alicyclic amines) is 1. The highest BCUT2D eigenvalue weighted by atomic mass is 35.5. The lowest BCUT2D eigenvalue weighted by molar-refractivity contribution is 0.0832. The van der Waals surface area contributed by atoms with Crippen molar-refractivity contribution in [3.05, 3.63) is 24.3 Å². The number of piperidine rings is 1. The van der Waals surface area contributed by atoms with Crippen molar-refractivity contribution in [2.75, 3.05) is 31.6 Å². The first-order valence-electron chi connectivity index (χ1n) is 10.1. The van der Waals surface area contributed by atoms with Crippen molar-refractivity contribution in [3.63, 3.8) is 0 Å². The van der Waals surface area contributed by atoms with E-state index in [1.54, 1.807) is 0 Å². The molecule has 0 aromatic heterocycles. The maximum absolute atomic E-state index is 12.2. The van der Waals surface area contributed by atoms with Gasteiger partial charge in [-0.3, -0.25) is 10.2 Å². The van der Waals surface area contributed by atoms with Gasteiger partial charge in [0.1, 0.15) is 11.9 Å². The molecule has 6 heteroatoms. The molecule has 1 atom stereocenters. The lowest BCUT2D eigenvalue weighted by atomic mass is 10.1. The van der Waals surface area contributed by atoms with E-state index in [0.29, 0.717) is 18.0 Å². The van der Waals surface area contributed by atoms with Crippen LogP contribution in [0.2, 0.25) is 0 Å². The Kier molecular flexibility index (Phi) is 11.9. The fourth-order valence-electron chi connectivity index (χ4n) is 3.27. The molecule has 1 fully saturated rings. The summed E-state index contributed by atoms with van der Waals surface area (Å²) in [6, 6.07) is 7.53. The second-order valence-corrected chi connectivity index (χ2v) is 7.11. The smallest absolute Gasteiger partial charge is 0.412 e. The summed E-state index contributed by atoms with van der Waals surface area (Å²) < 4.78 is 11.4. The molecule has 154 valence electrons. The maximum atomic E-state index is 12.2. The van der Waals surface area contributed by atoms with Crippen molar-refractivity contribution in [1.82, 2.24) is 4.90 Å². The number of para-hydroxylation sites is 2. The standard InChI is InChI=1S/C21H34N2O3.ClH/c1-3-4-5-11-16-25-20-13-8-7-12-19(20)22-21(24)26-18(2)17-23-14-9-6-10-15-23;/h7-8,12-13,18H,3-6,9-11,14-17H2,1-2H3,(H,22,24);1H. The first-order chi connectivity index (χ1) is 12.7. The summed E-state index contributed by atoms with van der Waals surface area (Å²) in [4.78, 5) is 14.6. The van der Waals surface area contributed by atoms with Crippen LogP contribution in [0.25, 0.3) is 0 Å². The van der Waals surface area contributed by atoms with Crippen molar-refractivity contribution in [3.8, 4) is 5.75 Å². The van der Waals surface area contributed by atoms with E-state index in [4.69, 9.17) is 9.47 Å². The van der Waals surface area contributed by atoms with Gasteiger partial charge in [-0.2, -0.15) is 0 Å². The number of amides is 1. The molecule has 1 unspecified atom stereocenters. The fraction of sp³-hybridized carbons (Fsp3) is 0.667. The summed E-state index contributed by atoms with van der Waals surface area (Å²) >= 11 is 0. The highest BCUT2D eigenvalue weighted by molar-refractivity contribution is 5.86. The van der Waals surface area contributed by atoms with E-state index in [9.17, 15) is 4.79 Å². The molecule has 0 saturated carbocycles. The third-order valence-corrected chi connectivity index (χ3v) is 4.65. The molecule has 0 spiro atoms. The number of carbonyl (C=O) groups excluding carboxylic acids is 1. The number of hydrogen-bond acceptors (Lipinski definition) is 4. The number of nitrogens with one attached hydrogen (secondary N) is 1. The van der Waals surface area contributed by atoms with Crippen LogP contribution < -0.4 is 10.1 Å². The number of nitrogens with zero attached hydrogens (tertiary/aromatic N) is 1. The Morgan fingerprint density at radius 1 is 1.15 bits per heavy atom. The normalized spacial score (nSPS) is 15.5. The van der Waals surface area contributed by atoms with Crippen LogP contribution in [0.4, 0.5) is 10.5 Å². The lowest BCUT2D eigenvalue weighted by Crippen LogP contribution is -2.37. The molecular formula is C21H35ClN2O3. The molecule has 0 aliphatic carbocycles. The van der Waals surface area contributed by atoms with Crippen molar-refractivity contribution in [2.24, 2.45) is 0 Å². The summed E-state index contributed by atoms with van der Waals surface area (Å²) in [5, 5.41) is 2.83. The summed E-state index contributed by atoms with van der Waals surface area (Å²) in [7, 11) is 0. The first kappa shape index (κ1) is 23.6. The number of unbranched alkanes of at least 4 members (excludes halogenated alkanes) is 3. The van der Waals surface area contributed by atoms with Crippen LogP contribution >= 0.6 is 12.4 Å². The van der Waals surface area contributed by atoms with E-state index in [0.717, 1.165) is 26.1 Å². The Morgan fingerprint density at radius 3 is 2.63 bits per heavy atom. The number of rotatable bonds is 10. The van der Waals surface area contributed by atoms with Crippen LogP contribution in [-0.2, 0) is 4.74 Å². The molecule has 1 aliphatic rings. The summed E-state index contributed by atoms with van der Waals surface area (Å²) in [5.74, 6) is 0.699. The van der Waals surface area contributed by atoms with E-state index in [-0.39, 0.29) is 18.5 Å². The van der Waals surface area contributed by atoms with Crippen LogP contribution in [0, 0.1) is 0 Å². The van der Waals surface area contributed by atoms with Gasteiger partial charge >= 0.3 is 6.09 Å². The van der Waals surface area contributed by atoms with Crippen molar-refractivity contribution in [2.45, 2.75) is 64.9 Å². The molecule has 1 aromatic rings. The fourth-order valence-corrected chi connectivity index (χ4v) is 3.27. The van der Waals surface area contributed by atoms with Gasteiger partial charge in [-0.15, -0.1) is 12.4 Å². The monoisotopic (exact) mass is 398 g/mol. The van der Waals surface area contributed by atoms with Crippen LogP contribution in [0.5, 0.6) is 5.75 Å². The zero-order chi connectivity index (χ0) is 18.6. The highest BCUT2D eigenvalue weighted by Crippen LogP contribution is 2.24. The average molecular weight is 399 g/mol. The van der Waals surface area contributed by atoms with Crippen LogP contribution in [0.3, 0.4) is 0 Å². The van der Waals surface area contributed by atoms with Gasteiger partial charge in [-0.25, -0.2) is 4.79 Å². The van der Waals surface area contributed by atoms with Gasteiger partial charge in [0.05, 0.1) is 12.3 Å². The van der Waals surface area contributed by atoms with E-state index >= 15 is 0 Å². The molecule has 1 aliphatic heterocycles. The summed E-state index contributed by atoms with van der Waals surface area (Å²) in [5.41, 5.74) is 0.665. The number of benzene rings is 1. The molecule has 0 bridgehead atoms. The van der Waals surface area contributed by atoms with E-state index in [2.05, 4.69) is 17.1 Å². The molecule has 0 radical (unpaired) electrons. The van der Waals surface area contributed by atoms with Gasteiger partial charge in [0.25, 0.3) is 0 Å². The second-order valence-electron chi connectivity index (χ2n) is 7.11. The Hall–Kier alpha value is -1.46. The molecule has 1 aromatic carbocycles. The molecule has 2 rings (SSSR count). The second kappa shape index (κ2) is 13.7. The number of halogens is 1. The van der Waals surface area contributed by atoms with Gasteiger partial charge < -0.3 is 9.47 Å². The Balaban J connectivity index is 0.00000364. The van der Waals surface area contributed by atoms with E-state index in [1.165, 1.54) is 38.5 Å². The van der Waals surface area contributed by atoms with Crippen molar-refractivity contribution < 1.29 is 14.3 Å². The maximum Gasteiger partial charge on any atom is 0.412 e. The quantitative estimate of drug-likeness (QED) is 0.529. The minimum absolute atomic E-state index is 0. The Labute approximate surface area is 170 Å². The first-order valence-corrected chi connectivity index (χ1v) is 10.1. The molecule has 27 heavy (non-hydrogen) atoms. The van der Waals surface area contributed by atoms with E-state index in [1.807, 2.05) is 31.2 Å². The van der Waals surface area contributed by atoms with Gasteiger partial charge in [-0.1, -0.05) is 44.7 Å². The number of ether oxygens (including phenoxy) is 2. The van der Waals surface area contributed by atoms with Gasteiger partial charge in [-0.05, 0) is 51.4 Å². The van der Waals surface area contributed by atoms with Crippen molar-refractivity contribution >= 4 is 24.2 Å². The molecule has 1 amide bonds. The Bertz CT molecular complexity index is 536. The third-order valence-electron chi connectivity index (χ3n) is 4.65. The third kappa shape index (κ3) is 9.34.